The molecule has 2 aliphatic heterocycles. The topological polar surface area (TPSA) is 149 Å². The van der Waals surface area contributed by atoms with Crippen molar-refractivity contribution >= 4 is 37.0 Å². The molecule has 2 aromatic rings. The van der Waals surface area contributed by atoms with Crippen LogP contribution in [0.15, 0.2) is 24.3 Å². The van der Waals surface area contributed by atoms with E-state index in [9.17, 15) is 38.6 Å². The first-order valence-electron chi connectivity index (χ1n) is 10.3. The lowest BCUT2D eigenvalue weighted by Crippen LogP contribution is -2.43. The number of rotatable bonds is 7. The summed E-state index contributed by atoms with van der Waals surface area (Å²) >= 11 is 0. The second-order valence-electron chi connectivity index (χ2n) is 7.88. The molecule has 0 aromatic heterocycles. The standard InChI is InChI=1S/C20H20B2F2N2O8/c23-16-3-10-8-33-21(31)14(10)5-12(16)19(29)25-1-2-26(7-18(27)28)20(30)13-6-15-11(4-17(13)24)9-34-22(15)32/h3-6,18,27-28,31-32H,1-2,7-9H2,(H,25,29). The maximum atomic E-state index is 14.5. The number of carbonyl (C=O) groups excluding carboxylic acids is 2. The van der Waals surface area contributed by atoms with Gasteiger partial charge in [-0.15, -0.1) is 0 Å². The van der Waals surface area contributed by atoms with E-state index in [-0.39, 0.29) is 42.8 Å². The average molecular weight is 476 g/mol. The smallest absolute Gasteiger partial charge is 0.423 e. The van der Waals surface area contributed by atoms with Crippen molar-refractivity contribution in [2.45, 2.75) is 19.5 Å². The van der Waals surface area contributed by atoms with Gasteiger partial charge in [-0.3, -0.25) is 9.59 Å². The Balaban J connectivity index is 1.46. The summed E-state index contributed by atoms with van der Waals surface area (Å²) in [6.45, 7) is -1.10. The molecule has 2 amide bonds. The van der Waals surface area contributed by atoms with Crippen LogP contribution in [0.3, 0.4) is 0 Å². The zero-order valence-electron chi connectivity index (χ0n) is 17.7. The van der Waals surface area contributed by atoms with Crippen molar-refractivity contribution < 1.29 is 47.9 Å². The molecule has 0 fully saturated rings. The largest absolute Gasteiger partial charge is 0.491 e. The Hall–Kier alpha value is -2.87. The Morgan fingerprint density at radius 3 is 2.06 bits per heavy atom. The Bertz CT molecular complexity index is 1140. The van der Waals surface area contributed by atoms with Crippen molar-refractivity contribution in [1.29, 1.82) is 0 Å². The van der Waals surface area contributed by atoms with Crippen LogP contribution in [0.4, 0.5) is 8.78 Å². The minimum Gasteiger partial charge on any atom is -0.423 e. The van der Waals surface area contributed by atoms with Crippen molar-refractivity contribution in [1.82, 2.24) is 10.2 Å². The van der Waals surface area contributed by atoms with Gasteiger partial charge in [-0.05, 0) is 46.3 Å². The Kier molecular flexibility index (Phi) is 6.98. The van der Waals surface area contributed by atoms with E-state index in [1.54, 1.807) is 0 Å². The van der Waals surface area contributed by atoms with Crippen molar-refractivity contribution in [2.24, 2.45) is 0 Å². The molecule has 2 aromatic carbocycles. The van der Waals surface area contributed by atoms with Crippen LogP contribution >= 0.6 is 0 Å². The van der Waals surface area contributed by atoms with Gasteiger partial charge in [0.15, 0.2) is 6.29 Å². The third-order valence-electron chi connectivity index (χ3n) is 5.60. The first-order chi connectivity index (χ1) is 16.2. The van der Waals surface area contributed by atoms with Crippen molar-refractivity contribution in [3.63, 3.8) is 0 Å². The van der Waals surface area contributed by atoms with Gasteiger partial charge in [-0.1, -0.05) is 0 Å². The number of benzene rings is 2. The number of hydrogen-bond donors (Lipinski definition) is 5. The third-order valence-corrected chi connectivity index (χ3v) is 5.60. The first-order valence-corrected chi connectivity index (χ1v) is 10.3. The van der Waals surface area contributed by atoms with E-state index < -0.39 is 56.1 Å². The summed E-state index contributed by atoms with van der Waals surface area (Å²) in [5, 5.41) is 40.7. The molecule has 0 aliphatic carbocycles. The van der Waals surface area contributed by atoms with Crippen LogP contribution in [0.5, 0.6) is 0 Å². The molecule has 14 heteroatoms. The van der Waals surface area contributed by atoms with Crippen molar-refractivity contribution in [2.75, 3.05) is 19.6 Å². The quantitative estimate of drug-likeness (QED) is 0.219. The number of carbonyl (C=O) groups is 2. The second-order valence-corrected chi connectivity index (χ2v) is 7.88. The molecule has 34 heavy (non-hydrogen) atoms. The van der Waals surface area contributed by atoms with Crippen LogP contribution in [0.1, 0.15) is 31.8 Å². The van der Waals surface area contributed by atoms with Gasteiger partial charge in [0.05, 0.1) is 30.9 Å². The lowest BCUT2D eigenvalue weighted by atomic mass is 9.78. The predicted molar refractivity (Wildman–Crippen MR) is 114 cm³/mol. The second kappa shape index (κ2) is 9.78. The monoisotopic (exact) mass is 476 g/mol. The van der Waals surface area contributed by atoms with Gasteiger partial charge >= 0.3 is 14.2 Å². The lowest BCUT2D eigenvalue weighted by Gasteiger charge is -2.24. The molecule has 4 rings (SSSR count). The Morgan fingerprint density at radius 2 is 1.50 bits per heavy atom. The molecule has 5 N–H and O–H groups in total. The minimum absolute atomic E-state index is 0.0122. The molecular weight excluding hydrogens is 456 g/mol. The van der Waals surface area contributed by atoms with E-state index in [0.717, 1.165) is 23.1 Å². The summed E-state index contributed by atoms with van der Waals surface area (Å²) < 4.78 is 38.8. The average Bonchev–Trinajstić information content (AvgIpc) is 3.32. The lowest BCUT2D eigenvalue weighted by molar-refractivity contribution is -0.0564. The first kappa shape index (κ1) is 24.3. The zero-order chi connectivity index (χ0) is 24.6. The molecule has 0 radical (unpaired) electrons. The van der Waals surface area contributed by atoms with E-state index in [0.29, 0.717) is 11.1 Å². The van der Waals surface area contributed by atoms with E-state index >= 15 is 0 Å². The molecular formula is C20H20B2F2N2O8. The van der Waals surface area contributed by atoms with Crippen LogP contribution in [-0.2, 0) is 22.5 Å². The maximum Gasteiger partial charge on any atom is 0.491 e. The molecule has 0 atom stereocenters. The number of nitrogens with zero attached hydrogens (tertiary/aromatic N) is 1. The highest BCUT2D eigenvalue weighted by Gasteiger charge is 2.32. The summed E-state index contributed by atoms with van der Waals surface area (Å²) in [5.41, 5.74) is 0.526. The Morgan fingerprint density at radius 1 is 0.971 bits per heavy atom. The van der Waals surface area contributed by atoms with Gasteiger partial charge in [0.25, 0.3) is 11.8 Å². The minimum atomic E-state index is -1.94. The molecule has 10 nitrogen and oxygen atoms in total. The van der Waals surface area contributed by atoms with E-state index in [1.165, 1.54) is 6.07 Å². The number of aliphatic hydroxyl groups excluding tert-OH is 1. The fourth-order valence-electron chi connectivity index (χ4n) is 3.87. The highest BCUT2D eigenvalue weighted by Crippen LogP contribution is 2.18. The molecule has 0 bridgehead atoms. The zero-order valence-corrected chi connectivity index (χ0v) is 17.7. The summed E-state index contributed by atoms with van der Waals surface area (Å²) in [7, 11) is -2.59. The maximum absolute atomic E-state index is 14.5. The van der Waals surface area contributed by atoms with Crippen molar-refractivity contribution in [3.05, 3.63) is 58.2 Å². The molecule has 2 heterocycles. The highest BCUT2D eigenvalue weighted by atomic mass is 19.1. The van der Waals surface area contributed by atoms with Gasteiger partial charge in [0.2, 0.25) is 0 Å². The molecule has 0 spiro atoms. The normalized spacial score (nSPS) is 14.4. The number of halogens is 2. The fourth-order valence-corrected chi connectivity index (χ4v) is 3.87. The molecule has 0 unspecified atom stereocenters. The number of nitrogens with one attached hydrogen (secondary N) is 1. The van der Waals surface area contributed by atoms with Crippen molar-refractivity contribution in [3.8, 4) is 0 Å². The van der Waals surface area contributed by atoms with Gasteiger partial charge in [0, 0.05) is 13.1 Å². The Labute approximate surface area is 193 Å². The van der Waals surface area contributed by atoms with Crippen LogP contribution in [0, 0.1) is 11.6 Å². The van der Waals surface area contributed by atoms with Crippen LogP contribution < -0.4 is 16.2 Å². The van der Waals surface area contributed by atoms with Crippen LogP contribution in [-0.4, -0.2) is 77.1 Å². The number of amides is 2. The van der Waals surface area contributed by atoms with Gasteiger partial charge < -0.3 is 39.8 Å². The van der Waals surface area contributed by atoms with Gasteiger partial charge in [-0.2, -0.15) is 0 Å². The summed E-state index contributed by atoms with van der Waals surface area (Å²) in [4.78, 5) is 26.3. The van der Waals surface area contributed by atoms with E-state index in [2.05, 4.69) is 5.32 Å². The summed E-state index contributed by atoms with van der Waals surface area (Å²) in [6.07, 6.45) is -1.94. The third kappa shape index (κ3) is 4.82. The van der Waals surface area contributed by atoms with Crippen LogP contribution in [0.25, 0.3) is 0 Å². The van der Waals surface area contributed by atoms with Crippen LogP contribution in [0.2, 0.25) is 0 Å². The van der Waals surface area contributed by atoms with Gasteiger partial charge in [0.1, 0.15) is 11.6 Å². The molecule has 0 saturated carbocycles. The molecule has 0 saturated heterocycles. The SMILES string of the molecule is O=C(NCCN(CC(O)O)C(=O)c1cc2c(cc1F)COB2O)c1cc2c(cc1F)COB2O. The summed E-state index contributed by atoms with van der Waals surface area (Å²) in [5.74, 6) is -3.45. The van der Waals surface area contributed by atoms with Gasteiger partial charge in [-0.25, -0.2) is 8.78 Å². The number of hydrogen-bond acceptors (Lipinski definition) is 8. The number of aliphatic hydroxyl groups is 2. The predicted octanol–water partition coefficient (Wildman–Crippen LogP) is -2.42. The molecule has 2 aliphatic rings. The van der Waals surface area contributed by atoms with E-state index in [4.69, 9.17) is 9.31 Å². The van der Waals surface area contributed by atoms with E-state index in [1.807, 2.05) is 0 Å². The summed E-state index contributed by atoms with van der Waals surface area (Å²) in [6, 6.07) is 4.45. The highest BCUT2D eigenvalue weighted by molar-refractivity contribution is 6.62. The fraction of sp³-hybridized carbons (Fsp3) is 0.300. The molecule has 178 valence electrons. The number of fused-ring (bicyclic) bond motifs is 2.